The van der Waals surface area contributed by atoms with E-state index in [1.807, 2.05) is 12.1 Å². The number of halogens is 1. The Morgan fingerprint density at radius 2 is 1.95 bits per heavy atom. The number of rotatable bonds is 5. The van der Waals surface area contributed by atoms with Crippen LogP contribution >= 0.6 is 11.6 Å². The predicted molar refractivity (Wildman–Crippen MR) is 89.8 cm³/mol. The van der Waals surface area contributed by atoms with Crippen molar-refractivity contribution < 1.29 is 0 Å². The topological polar surface area (TPSA) is 15.3 Å². The van der Waals surface area contributed by atoms with Crippen molar-refractivity contribution in [2.24, 2.45) is 5.92 Å². The van der Waals surface area contributed by atoms with Crippen molar-refractivity contribution in [2.45, 2.75) is 50.6 Å². The number of benzene rings is 1. The summed E-state index contributed by atoms with van der Waals surface area (Å²) in [6, 6.07) is 9.60. The van der Waals surface area contributed by atoms with E-state index < -0.39 is 0 Å². The molecule has 1 aromatic carbocycles. The highest BCUT2D eigenvalue weighted by Crippen LogP contribution is 2.36. The molecule has 1 aliphatic heterocycles. The van der Waals surface area contributed by atoms with E-state index in [1.54, 1.807) is 0 Å². The molecule has 0 bridgehead atoms. The second-order valence-electron chi connectivity index (χ2n) is 6.62. The van der Waals surface area contributed by atoms with Crippen LogP contribution in [-0.2, 0) is 0 Å². The molecule has 3 heteroatoms. The highest BCUT2D eigenvalue weighted by molar-refractivity contribution is 6.30. The third kappa shape index (κ3) is 3.61. The van der Waals surface area contributed by atoms with Crippen LogP contribution in [0.2, 0.25) is 5.02 Å². The first kappa shape index (κ1) is 15.3. The maximum Gasteiger partial charge on any atom is 0.0406 e. The predicted octanol–water partition coefficient (Wildman–Crippen LogP) is 4.26. The number of nitrogens with zero attached hydrogens (tertiary/aromatic N) is 1. The second kappa shape index (κ2) is 7.13. The third-order valence-electron chi connectivity index (χ3n) is 5.45. The van der Waals surface area contributed by atoms with Gasteiger partial charge in [0.15, 0.2) is 0 Å². The lowest BCUT2D eigenvalue weighted by atomic mass is 9.85. The summed E-state index contributed by atoms with van der Waals surface area (Å²) in [5.41, 5.74) is 1.35. The van der Waals surface area contributed by atoms with Gasteiger partial charge < -0.3 is 10.2 Å². The average Bonchev–Trinajstić information content (AvgIpc) is 2.93. The van der Waals surface area contributed by atoms with Gasteiger partial charge in [0, 0.05) is 23.7 Å². The van der Waals surface area contributed by atoms with Gasteiger partial charge in [0.25, 0.3) is 0 Å². The van der Waals surface area contributed by atoms with Crippen molar-refractivity contribution >= 4 is 11.6 Å². The van der Waals surface area contributed by atoms with Gasteiger partial charge in [0.1, 0.15) is 0 Å². The molecule has 2 nitrogen and oxygen atoms in total. The van der Waals surface area contributed by atoms with E-state index in [0.29, 0.717) is 6.04 Å². The lowest BCUT2D eigenvalue weighted by molar-refractivity contribution is 0.176. The molecule has 1 heterocycles. The Balaban J connectivity index is 1.56. The van der Waals surface area contributed by atoms with E-state index >= 15 is 0 Å². The van der Waals surface area contributed by atoms with Gasteiger partial charge >= 0.3 is 0 Å². The van der Waals surface area contributed by atoms with E-state index in [4.69, 9.17) is 11.6 Å². The number of hydrogen-bond acceptors (Lipinski definition) is 2. The zero-order valence-corrected chi connectivity index (χ0v) is 13.8. The quantitative estimate of drug-likeness (QED) is 0.874. The largest absolute Gasteiger partial charge is 0.313 e. The molecule has 0 spiro atoms. The molecule has 3 unspecified atom stereocenters. The van der Waals surface area contributed by atoms with Gasteiger partial charge in [-0.1, -0.05) is 36.6 Å². The Morgan fingerprint density at radius 3 is 2.71 bits per heavy atom. The number of likely N-dealkylation sites (tertiary alicyclic amines) is 1. The zero-order chi connectivity index (χ0) is 14.7. The Bertz CT molecular complexity index is 445. The van der Waals surface area contributed by atoms with Crippen molar-refractivity contribution in [2.75, 3.05) is 20.1 Å². The van der Waals surface area contributed by atoms with Gasteiger partial charge in [0.05, 0.1) is 0 Å². The molecule has 0 radical (unpaired) electrons. The van der Waals surface area contributed by atoms with Crippen LogP contribution in [0.4, 0.5) is 0 Å². The minimum absolute atomic E-state index is 0.435. The molecule has 2 aliphatic rings. The Morgan fingerprint density at radius 1 is 1.19 bits per heavy atom. The number of nitrogens with one attached hydrogen (secondary N) is 1. The molecule has 1 saturated heterocycles. The first-order chi connectivity index (χ1) is 10.3. The van der Waals surface area contributed by atoms with E-state index in [0.717, 1.165) is 17.0 Å². The van der Waals surface area contributed by atoms with Crippen LogP contribution < -0.4 is 5.32 Å². The fourth-order valence-corrected chi connectivity index (χ4v) is 4.37. The Labute approximate surface area is 133 Å². The highest BCUT2D eigenvalue weighted by atomic mass is 35.5. The zero-order valence-electron chi connectivity index (χ0n) is 13.0. The van der Waals surface area contributed by atoms with Crippen molar-refractivity contribution in [3.63, 3.8) is 0 Å². The van der Waals surface area contributed by atoms with E-state index in [9.17, 15) is 0 Å². The van der Waals surface area contributed by atoms with Gasteiger partial charge in [-0.3, -0.25) is 0 Å². The molecule has 1 N–H and O–H groups in total. The number of fused-ring (bicyclic) bond motifs is 1. The fourth-order valence-electron chi connectivity index (χ4n) is 4.25. The van der Waals surface area contributed by atoms with Gasteiger partial charge in [-0.05, 0) is 62.9 Å². The Kier molecular flexibility index (Phi) is 5.20. The lowest BCUT2D eigenvalue weighted by Crippen LogP contribution is -2.36. The maximum atomic E-state index is 5.99. The molecule has 116 valence electrons. The highest BCUT2D eigenvalue weighted by Gasteiger charge is 2.35. The van der Waals surface area contributed by atoms with E-state index in [-0.39, 0.29) is 0 Å². The Hall–Kier alpha value is -0.570. The monoisotopic (exact) mass is 306 g/mol. The molecule has 3 atom stereocenters. The van der Waals surface area contributed by atoms with Crippen LogP contribution in [0.1, 0.15) is 50.1 Å². The minimum Gasteiger partial charge on any atom is -0.313 e. The summed E-state index contributed by atoms with van der Waals surface area (Å²) >= 11 is 5.99. The van der Waals surface area contributed by atoms with Crippen molar-refractivity contribution in [1.82, 2.24) is 10.2 Å². The van der Waals surface area contributed by atoms with Crippen LogP contribution in [0, 0.1) is 5.92 Å². The molecular weight excluding hydrogens is 280 g/mol. The fraction of sp³-hybridized carbons (Fsp3) is 0.667. The van der Waals surface area contributed by atoms with Crippen molar-refractivity contribution in [3.05, 3.63) is 34.9 Å². The molecule has 2 fully saturated rings. The van der Waals surface area contributed by atoms with Crippen LogP contribution in [0.25, 0.3) is 0 Å². The summed E-state index contributed by atoms with van der Waals surface area (Å²) in [6.07, 6.45) is 8.39. The smallest absolute Gasteiger partial charge is 0.0406 e. The molecule has 3 rings (SSSR count). The van der Waals surface area contributed by atoms with Gasteiger partial charge in [-0.2, -0.15) is 0 Å². The average molecular weight is 307 g/mol. The molecule has 21 heavy (non-hydrogen) atoms. The summed E-state index contributed by atoms with van der Waals surface area (Å²) in [7, 11) is 2.06. The van der Waals surface area contributed by atoms with Gasteiger partial charge in [0.2, 0.25) is 0 Å². The van der Waals surface area contributed by atoms with Crippen molar-refractivity contribution in [3.8, 4) is 0 Å². The van der Waals surface area contributed by atoms with Crippen LogP contribution in [-0.4, -0.2) is 31.1 Å². The molecule has 1 aliphatic carbocycles. The molecule has 1 aromatic rings. The van der Waals surface area contributed by atoms with E-state index in [2.05, 4.69) is 29.4 Å². The number of hydrogen-bond donors (Lipinski definition) is 1. The lowest BCUT2D eigenvalue weighted by Gasteiger charge is -2.32. The summed E-state index contributed by atoms with van der Waals surface area (Å²) in [6.45, 7) is 2.53. The SMILES string of the molecule is CNC(CCN1CCC2CCCCC21)c1ccc(Cl)cc1. The third-order valence-corrected chi connectivity index (χ3v) is 5.70. The summed E-state index contributed by atoms with van der Waals surface area (Å²) in [5, 5.41) is 4.28. The van der Waals surface area contributed by atoms with Crippen LogP contribution in [0.3, 0.4) is 0 Å². The van der Waals surface area contributed by atoms with Gasteiger partial charge in [-0.25, -0.2) is 0 Å². The second-order valence-corrected chi connectivity index (χ2v) is 7.05. The normalized spacial score (nSPS) is 27.5. The summed E-state index contributed by atoms with van der Waals surface area (Å²) < 4.78 is 0. The molecule has 1 saturated carbocycles. The first-order valence-corrected chi connectivity index (χ1v) is 8.82. The molecular formula is C18H27ClN2. The van der Waals surface area contributed by atoms with Crippen LogP contribution in [0.15, 0.2) is 24.3 Å². The van der Waals surface area contributed by atoms with Crippen molar-refractivity contribution in [1.29, 1.82) is 0 Å². The summed E-state index contributed by atoms with van der Waals surface area (Å²) in [5.74, 6) is 0.988. The van der Waals surface area contributed by atoms with Crippen LogP contribution in [0.5, 0.6) is 0 Å². The molecule has 0 aromatic heterocycles. The molecule has 0 amide bonds. The maximum absolute atomic E-state index is 5.99. The van der Waals surface area contributed by atoms with Gasteiger partial charge in [-0.15, -0.1) is 0 Å². The van der Waals surface area contributed by atoms with E-state index in [1.165, 1.54) is 57.2 Å². The standard InChI is InChI=1S/C18H27ClN2/c1-20-17(14-6-8-16(19)9-7-14)11-13-21-12-10-15-4-2-3-5-18(15)21/h6-9,15,17-18,20H,2-5,10-13H2,1H3. The minimum atomic E-state index is 0.435. The summed E-state index contributed by atoms with van der Waals surface area (Å²) in [4.78, 5) is 2.75. The first-order valence-electron chi connectivity index (χ1n) is 8.44.